The Bertz CT molecular complexity index is 1550. The molecule has 0 saturated heterocycles. The van der Waals surface area contributed by atoms with Crippen molar-refractivity contribution >= 4 is 16.9 Å². The molecule has 4 heterocycles. The third-order valence-electron chi connectivity index (χ3n) is 8.52. The van der Waals surface area contributed by atoms with Crippen molar-refractivity contribution in [3.8, 4) is 23.2 Å². The number of pyridine rings is 2. The molecule has 6 nitrogen and oxygen atoms in total. The van der Waals surface area contributed by atoms with Crippen molar-refractivity contribution < 1.29 is 14.6 Å². The summed E-state index contributed by atoms with van der Waals surface area (Å²) in [5, 5.41) is 12.2. The van der Waals surface area contributed by atoms with E-state index in [-0.39, 0.29) is 18.6 Å². The van der Waals surface area contributed by atoms with E-state index in [1.165, 1.54) is 32.1 Å². The first-order valence-corrected chi connectivity index (χ1v) is 13.6. The maximum atomic E-state index is 13.5. The van der Waals surface area contributed by atoms with Crippen LogP contribution in [0.2, 0.25) is 0 Å². The van der Waals surface area contributed by atoms with Crippen molar-refractivity contribution in [2.75, 3.05) is 0 Å². The molecule has 2 aliphatic heterocycles. The first-order valence-electron chi connectivity index (χ1n) is 13.6. The second-order valence-corrected chi connectivity index (χ2v) is 10.6. The van der Waals surface area contributed by atoms with Gasteiger partial charge in [0, 0.05) is 28.5 Å². The molecule has 1 saturated carbocycles. The first-order chi connectivity index (χ1) is 18.0. The van der Waals surface area contributed by atoms with Crippen LogP contribution in [-0.2, 0) is 34.7 Å². The third-order valence-corrected chi connectivity index (χ3v) is 8.52. The topological polar surface area (TPSA) is 81.4 Å². The number of ether oxygens (including phenoxy) is 1. The molecule has 3 aliphatic rings. The number of carbonyl (C=O) groups is 1. The van der Waals surface area contributed by atoms with E-state index in [0.717, 1.165) is 46.1 Å². The summed E-state index contributed by atoms with van der Waals surface area (Å²) < 4.78 is 6.91. The smallest absolute Gasteiger partial charge is 0.343 e. The summed E-state index contributed by atoms with van der Waals surface area (Å²) in [6, 6.07) is 7.84. The maximum absolute atomic E-state index is 13.5. The molecule has 3 aromatic rings. The van der Waals surface area contributed by atoms with Crippen molar-refractivity contribution in [1.29, 1.82) is 0 Å². The van der Waals surface area contributed by atoms with Gasteiger partial charge >= 0.3 is 5.97 Å². The Hall–Kier alpha value is -3.43. The molecule has 1 aromatic carbocycles. The number of rotatable bonds is 3. The number of benzene rings is 1. The number of esters is 1. The minimum atomic E-state index is -1.82. The fourth-order valence-electron chi connectivity index (χ4n) is 6.40. The number of hydrogen-bond donors (Lipinski definition) is 1. The molecule has 190 valence electrons. The van der Waals surface area contributed by atoms with Crippen molar-refractivity contribution in [2.45, 2.75) is 84.0 Å². The Morgan fingerprint density at radius 2 is 1.97 bits per heavy atom. The lowest BCUT2D eigenvalue weighted by molar-refractivity contribution is -0.172. The zero-order valence-corrected chi connectivity index (χ0v) is 21.5. The third kappa shape index (κ3) is 3.71. The summed E-state index contributed by atoms with van der Waals surface area (Å²) in [6.07, 6.45) is 8.38. The van der Waals surface area contributed by atoms with Gasteiger partial charge in [-0.05, 0) is 55.4 Å². The standard InChI is InChI=1S/C31H32N2O4/c1-3-21-22-17-33-26(16-24-23(29(33)34)18-37-30(35)31(24,36)4-2)28(22)32-25-15-9-14-20(27(21)25)13-8-12-19-10-6-5-7-11-19/h9,14-16,19,36H,3-7,10-12,17-18H2,1-2H3/t31-/m0/s1. The zero-order valence-electron chi connectivity index (χ0n) is 21.5. The molecule has 0 bridgehead atoms. The van der Waals surface area contributed by atoms with Gasteiger partial charge in [0.15, 0.2) is 5.60 Å². The number of aryl methyl sites for hydroxylation is 1. The Balaban J connectivity index is 1.49. The Labute approximate surface area is 216 Å². The number of fused-ring (bicyclic) bond motifs is 5. The van der Waals surface area contributed by atoms with Gasteiger partial charge in [-0.15, -0.1) is 0 Å². The first kappa shape index (κ1) is 23.9. The number of aliphatic hydroxyl groups is 1. The summed E-state index contributed by atoms with van der Waals surface area (Å²) in [5.74, 6) is 6.91. The van der Waals surface area contributed by atoms with Crippen LogP contribution in [-0.4, -0.2) is 20.6 Å². The SMILES string of the molecule is CCc1c2c(nc3cccc(C#CCC4CCCCC4)c13)-c1cc3c(c(=O)n1C2)COC(=O)[C@]3(O)CC. The minimum Gasteiger partial charge on any atom is -0.458 e. The van der Waals surface area contributed by atoms with Crippen LogP contribution in [0, 0.1) is 17.8 Å². The molecule has 0 amide bonds. The summed E-state index contributed by atoms with van der Waals surface area (Å²) >= 11 is 0. The molecule has 6 rings (SSSR count). The monoisotopic (exact) mass is 496 g/mol. The van der Waals surface area contributed by atoms with E-state index >= 15 is 0 Å². The van der Waals surface area contributed by atoms with Crippen LogP contribution in [0.25, 0.3) is 22.3 Å². The van der Waals surface area contributed by atoms with Gasteiger partial charge in [0.05, 0.1) is 29.0 Å². The summed E-state index contributed by atoms with van der Waals surface area (Å²) in [4.78, 5) is 31.0. The average molecular weight is 497 g/mol. The molecule has 6 heteroatoms. The van der Waals surface area contributed by atoms with Gasteiger partial charge < -0.3 is 14.4 Å². The second-order valence-electron chi connectivity index (χ2n) is 10.6. The lowest BCUT2D eigenvalue weighted by atomic mass is 9.86. The Morgan fingerprint density at radius 1 is 1.16 bits per heavy atom. The molecule has 1 fully saturated rings. The summed E-state index contributed by atoms with van der Waals surface area (Å²) in [5.41, 5.74) is 4.03. The van der Waals surface area contributed by atoms with Crippen molar-refractivity contribution in [2.24, 2.45) is 5.92 Å². The van der Waals surface area contributed by atoms with Crippen molar-refractivity contribution in [3.63, 3.8) is 0 Å². The molecular formula is C31H32N2O4. The van der Waals surface area contributed by atoms with E-state index in [2.05, 4.69) is 24.8 Å². The van der Waals surface area contributed by atoms with E-state index in [1.807, 2.05) is 12.1 Å². The molecule has 37 heavy (non-hydrogen) atoms. The normalized spacial score (nSPS) is 20.6. The quantitative estimate of drug-likeness (QED) is 0.320. The fraction of sp³-hybridized carbons (Fsp3) is 0.452. The van der Waals surface area contributed by atoms with Crippen LogP contribution >= 0.6 is 0 Å². The van der Waals surface area contributed by atoms with Gasteiger partial charge in [-0.25, -0.2) is 9.78 Å². The molecule has 1 atom stereocenters. The van der Waals surface area contributed by atoms with Gasteiger partial charge in [0.1, 0.15) is 6.61 Å². The maximum Gasteiger partial charge on any atom is 0.343 e. The van der Waals surface area contributed by atoms with Gasteiger partial charge in [0.2, 0.25) is 0 Å². The van der Waals surface area contributed by atoms with Crippen LogP contribution in [0.4, 0.5) is 0 Å². The number of nitrogens with zero attached hydrogens (tertiary/aromatic N) is 2. The molecule has 2 aromatic heterocycles. The van der Waals surface area contributed by atoms with Gasteiger partial charge in [-0.1, -0.05) is 51.0 Å². The lowest BCUT2D eigenvalue weighted by Crippen LogP contribution is -2.44. The summed E-state index contributed by atoms with van der Waals surface area (Å²) in [6.45, 7) is 4.13. The number of carbonyl (C=O) groups excluding carboxylic acids is 1. The van der Waals surface area contributed by atoms with E-state index in [4.69, 9.17) is 9.72 Å². The average Bonchev–Trinajstić information content (AvgIpc) is 3.29. The van der Waals surface area contributed by atoms with E-state index < -0.39 is 11.6 Å². The molecule has 1 N–H and O–H groups in total. The van der Waals surface area contributed by atoms with Gasteiger partial charge in [-0.2, -0.15) is 0 Å². The van der Waals surface area contributed by atoms with Crippen LogP contribution in [0.1, 0.15) is 86.6 Å². The Kier molecular flexibility index (Phi) is 5.92. The van der Waals surface area contributed by atoms with Gasteiger partial charge in [0.25, 0.3) is 5.56 Å². The molecule has 0 radical (unpaired) electrons. The highest BCUT2D eigenvalue weighted by atomic mass is 16.6. The van der Waals surface area contributed by atoms with E-state index in [9.17, 15) is 14.7 Å². The number of cyclic esters (lactones) is 1. The second kappa shape index (κ2) is 9.15. The van der Waals surface area contributed by atoms with E-state index in [0.29, 0.717) is 29.3 Å². The fourth-order valence-corrected chi connectivity index (χ4v) is 6.40. The van der Waals surface area contributed by atoms with Crippen LogP contribution < -0.4 is 5.56 Å². The predicted molar refractivity (Wildman–Crippen MR) is 142 cm³/mol. The largest absolute Gasteiger partial charge is 0.458 e. The molecule has 0 unspecified atom stereocenters. The number of aromatic nitrogens is 2. The highest BCUT2D eigenvalue weighted by Gasteiger charge is 2.45. The van der Waals surface area contributed by atoms with Crippen molar-refractivity contribution in [1.82, 2.24) is 9.55 Å². The van der Waals surface area contributed by atoms with Gasteiger partial charge in [-0.3, -0.25) is 4.79 Å². The molecular weight excluding hydrogens is 464 g/mol. The minimum absolute atomic E-state index is 0.122. The highest BCUT2D eigenvalue weighted by Crippen LogP contribution is 2.40. The van der Waals surface area contributed by atoms with Crippen LogP contribution in [0.3, 0.4) is 0 Å². The molecule has 1 aliphatic carbocycles. The summed E-state index contributed by atoms with van der Waals surface area (Å²) in [7, 11) is 0. The molecule has 0 spiro atoms. The van der Waals surface area contributed by atoms with Crippen molar-refractivity contribution in [3.05, 3.63) is 62.4 Å². The number of hydrogen-bond acceptors (Lipinski definition) is 5. The Morgan fingerprint density at radius 3 is 2.73 bits per heavy atom. The van der Waals surface area contributed by atoms with E-state index in [1.54, 1.807) is 17.6 Å². The predicted octanol–water partition coefficient (Wildman–Crippen LogP) is 4.96. The van der Waals surface area contributed by atoms with Crippen LogP contribution in [0.5, 0.6) is 0 Å². The zero-order chi connectivity index (χ0) is 25.7. The highest BCUT2D eigenvalue weighted by molar-refractivity contribution is 5.93. The lowest BCUT2D eigenvalue weighted by Gasteiger charge is -2.31. The van der Waals surface area contributed by atoms with Crippen LogP contribution in [0.15, 0.2) is 29.1 Å².